The van der Waals surface area contributed by atoms with Gasteiger partial charge in [0.05, 0.1) is 16.6 Å². The van der Waals surface area contributed by atoms with Crippen LogP contribution >= 0.6 is 0 Å². The number of esters is 1. The Labute approximate surface area is 126 Å². The van der Waals surface area contributed by atoms with Crippen molar-refractivity contribution in [3.8, 4) is 0 Å². The van der Waals surface area contributed by atoms with Gasteiger partial charge in [0, 0.05) is 18.9 Å². The van der Waals surface area contributed by atoms with Crippen LogP contribution in [-0.4, -0.2) is 36.1 Å². The summed E-state index contributed by atoms with van der Waals surface area (Å²) in [5.74, 6) is 0.0781. The summed E-state index contributed by atoms with van der Waals surface area (Å²) in [5.41, 5.74) is 1.79. The Morgan fingerprint density at radius 3 is 2.86 bits per heavy atom. The van der Waals surface area contributed by atoms with Crippen LogP contribution in [0, 0.1) is 0 Å². The molecule has 8 heteroatoms. The Bertz CT molecular complexity index is 801. The van der Waals surface area contributed by atoms with Crippen LogP contribution in [0.2, 0.25) is 0 Å². The minimum atomic E-state index is -0.446. The fourth-order valence-corrected chi connectivity index (χ4v) is 2.02. The van der Waals surface area contributed by atoms with Crippen molar-refractivity contribution in [1.82, 2.24) is 30.2 Å². The molecule has 0 radical (unpaired) electrons. The molecule has 0 aliphatic rings. The van der Waals surface area contributed by atoms with E-state index in [1.54, 1.807) is 35.3 Å². The number of benzene rings is 1. The number of carbonyl (C=O) groups is 1. The van der Waals surface area contributed by atoms with Crippen molar-refractivity contribution in [3.05, 3.63) is 42.0 Å². The Hall–Kier alpha value is -2.90. The summed E-state index contributed by atoms with van der Waals surface area (Å²) in [7, 11) is 0. The maximum Gasteiger partial charge on any atom is 0.338 e. The maximum atomic E-state index is 12.1. The van der Waals surface area contributed by atoms with E-state index in [4.69, 9.17) is 4.74 Å². The number of fused-ring (bicyclic) bond motifs is 1. The van der Waals surface area contributed by atoms with E-state index < -0.39 is 5.97 Å². The van der Waals surface area contributed by atoms with Crippen LogP contribution < -0.4 is 0 Å². The van der Waals surface area contributed by atoms with Gasteiger partial charge < -0.3 is 4.74 Å². The SMILES string of the molecule is CCCn1nnnc1COC(=O)c1ccc2nccnc2c1. The van der Waals surface area contributed by atoms with Gasteiger partial charge in [0.15, 0.2) is 12.4 Å². The van der Waals surface area contributed by atoms with Crippen LogP contribution in [0.15, 0.2) is 30.6 Å². The molecule has 22 heavy (non-hydrogen) atoms. The van der Waals surface area contributed by atoms with E-state index in [9.17, 15) is 4.79 Å². The van der Waals surface area contributed by atoms with Crippen LogP contribution in [-0.2, 0) is 17.9 Å². The molecule has 1 aromatic carbocycles. The van der Waals surface area contributed by atoms with Crippen LogP contribution in [0.1, 0.15) is 29.5 Å². The Morgan fingerprint density at radius 2 is 2.05 bits per heavy atom. The highest BCUT2D eigenvalue weighted by Crippen LogP contribution is 2.12. The van der Waals surface area contributed by atoms with E-state index in [1.165, 1.54) is 0 Å². The zero-order chi connectivity index (χ0) is 15.4. The van der Waals surface area contributed by atoms with Gasteiger partial charge in [-0.1, -0.05) is 6.92 Å². The number of hydrogen-bond acceptors (Lipinski definition) is 7. The Kier molecular flexibility index (Phi) is 3.99. The highest BCUT2D eigenvalue weighted by molar-refractivity contribution is 5.93. The molecule has 3 aromatic rings. The topological polar surface area (TPSA) is 95.7 Å². The quantitative estimate of drug-likeness (QED) is 0.656. The van der Waals surface area contributed by atoms with Gasteiger partial charge >= 0.3 is 5.97 Å². The Balaban J connectivity index is 1.71. The standard InChI is InChI=1S/C14H14N6O2/c1-2-7-20-13(17-18-19-20)9-22-14(21)10-3-4-11-12(8-10)16-6-5-15-11/h3-6,8H,2,7,9H2,1H3. The molecule has 0 spiro atoms. The molecular formula is C14H14N6O2. The number of nitrogens with zero attached hydrogens (tertiary/aromatic N) is 6. The lowest BCUT2D eigenvalue weighted by Gasteiger charge is -2.05. The van der Waals surface area contributed by atoms with Crippen LogP contribution in [0.5, 0.6) is 0 Å². The largest absolute Gasteiger partial charge is 0.454 e. The molecule has 0 N–H and O–H groups in total. The number of tetrazole rings is 1. The first-order valence-electron chi connectivity index (χ1n) is 6.91. The summed E-state index contributed by atoms with van der Waals surface area (Å²) in [6.07, 6.45) is 4.08. The number of aryl methyl sites for hydroxylation is 1. The summed E-state index contributed by atoms with van der Waals surface area (Å²) in [5, 5.41) is 11.3. The number of aromatic nitrogens is 6. The van der Waals surface area contributed by atoms with E-state index in [0.717, 1.165) is 11.9 Å². The minimum absolute atomic E-state index is 0.0321. The second-order valence-electron chi connectivity index (χ2n) is 4.65. The predicted molar refractivity (Wildman–Crippen MR) is 76.8 cm³/mol. The molecule has 3 rings (SSSR count). The van der Waals surface area contributed by atoms with Crippen molar-refractivity contribution in [2.45, 2.75) is 26.5 Å². The lowest BCUT2D eigenvalue weighted by atomic mass is 10.2. The first-order chi connectivity index (χ1) is 10.8. The van der Waals surface area contributed by atoms with E-state index in [1.807, 2.05) is 6.92 Å². The maximum absolute atomic E-state index is 12.1. The number of ether oxygens (including phenoxy) is 1. The zero-order valence-electron chi connectivity index (χ0n) is 12.0. The molecule has 112 valence electrons. The van der Waals surface area contributed by atoms with Gasteiger partial charge in [-0.3, -0.25) is 9.97 Å². The molecular weight excluding hydrogens is 284 g/mol. The number of carbonyl (C=O) groups excluding carboxylic acids is 1. The summed E-state index contributed by atoms with van der Waals surface area (Å²) in [6.45, 7) is 2.74. The van der Waals surface area contributed by atoms with E-state index >= 15 is 0 Å². The molecule has 2 heterocycles. The van der Waals surface area contributed by atoms with Crippen molar-refractivity contribution < 1.29 is 9.53 Å². The van der Waals surface area contributed by atoms with Crippen molar-refractivity contribution >= 4 is 17.0 Å². The van der Waals surface area contributed by atoms with E-state index in [2.05, 4.69) is 25.5 Å². The third-order valence-electron chi connectivity index (χ3n) is 3.08. The lowest BCUT2D eigenvalue weighted by Crippen LogP contribution is -2.11. The summed E-state index contributed by atoms with van der Waals surface area (Å²) in [6, 6.07) is 5.05. The van der Waals surface area contributed by atoms with Gasteiger partial charge in [0.1, 0.15) is 0 Å². The Morgan fingerprint density at radius 1 is 1.23 bits per heavy atom. The summed E-state index contributed by atoms with van der Waals surface area (Å²) >= 11 is 0. The first kappa shape index (κ1) is 14.1. The average Bonchev–Trinajstić information content (AvgIpc) is 3.00. The molecule has 8 nitrogen and oxygen atoms in total. The van der Waals surface area contributed by atoms with Gasteiger partial charge in [0.25, 0.3) is 0 Å². The fraction of sp³-hybridized carbons (Fsp3) is 0.286. The fourth-order valence-electron chi connectivity index (χ4n) is 2.02. The van der Waals surface area contributed by atoms with Gasteiger partial charge in [-0.25, -0.2) is 9.48 Å². The molecule has 0 unspecified atom stereocenters. The molecule has 0 saturated carbocycles. The third-order valence-corrected chi connectivity index (χ3v) is 3.08. The minimum Gasteiger partial charge on any atom is -0.454 e. The van der Waals surface area contributed by atoms with Gasteiger partial charge in [-0.2, -0.15) is 0 Å². The normalized spacial score (nSPS) is 10.8. The van der Waals surface area contributed by atoms with Gasteiger partial charge in [-0.05, 0) is 35.0 Å². The van der Waals surface area contributed by atoms with Crippen LogP contribution in [0.4, 0.5) is 0 Å². The van der Waals surface area contributed by atoms with Crippen molar-refractivity contribution in [2.24, 2.45) is 0 Å². The molecule has 0 aliphatic heterocycles. The molecule has 0 amide bonds. The molecule has 0 bridgehead atoms. The highest BCUT2D eigenvalue weighted by Gasteiger charge is 2.12. The molecule has 2 aromatic heterocycles. The molecule has 0 saturated heterocycles. The van der Waals surface area contributed by atoms with Gasteiger partial charge in [0.2, 0.25) is 0 Å². The smallest absolute Gasteiger partial charge is 0.338 e. The number of rotatable bonds is 5. The van der Waals surface area contributed by atoms with E-state index in [0.29, 0.717) is 23.4 Å². The van der Waals surface area contributed by atoms with Crippen LogP contribution in [0.25, 0.3) is 11.0 Å². The summed E-state index contributed by atoms with van der Waals surface area (Å²) in [4.78, 5) is 20.4. The predicted octanol–water partition coefficient (Wildman–Crippen LogP) is 1.38. The molecule has 0 fully saturated rings. The monoisotopic (exact) mass is 298 g/mol. The van der Waals surface area contributed by atoms with Crippen LogP contribution in [0.3, 0.4) is 0 Å². The highest BCUT2D eigenvalue weighted by atomic mass is 16.5. The average molecular weight is 298 g/mol. The second kappa shape index (κ2) is 6.25. The van der Waals surface area contributed by atoms with Gasteiger partial charge in [-0.15, -0.1) is 5.10 Å². The zero-order valence-corrected chi connectivity index (χ0v) is 12.0. The third kappa shape index (κ3) is 2.90. The van der Waals surface area contributed by atoms with Crippen molar-refractivity contribution in [1.29, 1.82) is 0 Å². The second-order valence-corrected chi connectivity index (χ2v) is 4.65. The summed E-state index contributed by atoms with van der Waals surface area (Å²) < 4.78 is 6.88. The first-order valence-corrected chi connectivity index (χ1v) is 6.91. The lowest BCUT2D eigenvalue weighted by molar-refractivity contribution is 0.0456. The molecule has 0 aliphatic carbocycles. The van der Waals surface area contributed by atoms with Crippen molar-refractivity contribution in [3.63, 3.8) is 0 Å². The van der Waals surface area contributed by atoms with E-state index in [-0.39, 0.29) is 6.61 Å². The number of hydrogen-bond donors (Lipinski definition) is 0. The molecule has 0 atom stereocenters. The van der Waals surface area contributed by atoms with Crippen molar-refractivity contribution in [2.75, 3.05) is 0 Å².